The molecule has 2 heterocycles. The predicted molar refractivity (Wildman–Crippen MR) is 75.4 cm³/mol. The number of ether oxygens (including phenoxy) is 1. The Morgan fingerprint density at radius 1 is 1.65 bits per heavy atom. The standard InChI is InChI=1S/C10H18N4O2.HI/c1-14-5-4-12-10(14)13-6-7-2-3-8(16-7)9(11)15;/h7-8H,2-6H2,1H3,(H2,11,15)(H,12,13);1H. The van der Waals surface area contributed by atoms with E-state index in [-0.39, 0.29) is 36.0 Å². The first-order valence-corrected chi connectivity index (χ1v) is 5.61. The van der Waals surface area contributed by atoms with Crippen molar-refractivity contribution >= 4 is 35.8 Å². The lowest BCUT2D eigenvalue weighted by atomic mass is 10.2. The van der Waals surface area contributed by atoms with Gasteiger partial charge in [-0.2, -0.15) is 0 Å². The van der Waals surface area contributed by atoms with Crippen molar-refractivity contribution in [1.82, 2.24) is 10.2 Å². The lowest BCUT2D eigenvalue weighted by Crippen LogP contribution is -2.40. The second-order valence-corrected chi connectivity index (χ2v) is 4.23. The van der Waals surface area contributed by atoms with Gasteiger partial charge in [-0.3, -0.25) is 9.79 Å². The van der Waals surface area contributed by atoms with Gasteiger partial charge >= 0.3 is 0 Å². The molecule has 98 valence electrons. The minimum atomic E-state index is -0.407. The summed E-state index contributed by atoms with van der Waals surface area (Å²) in [7, 11) is 2.00. The summed E-state index contributed by atoms with van der Waals surface area (Å²) in [5, 5.41) is 3.23. The maximum absolute atomic E-state index is 10.9. The lowest BCUT2D eigenvalue weighted by Gasteiger charge is -2.18. The average molecular weight is 354 g/mol. The van der Waals surface area contributed by atoms with E-state index in [9.17, 15) is 4.79 Å². The smallest absolute Gasteiger partial charge is 0.246 e. The van der Waals surface area contributed by atoms with Gasteiger partial charge in [-0.1, -0.05) is 0 Å². The Hall–Kier alpha value is -0.570. The number of nitrogens with zero attached hydrogens (tertiary/aromatic N) is 2. The van der Waals surface area contributed by atoms with Gasteiger partial charge in [0, 0.05) is 20.1 Å². The summed E-state index contributed by atoms with van der Waals surface area (Å²) in [6.45, 7) is 2.49. The molecule has 1 saturated heterocycles. The quantitative estimate of drug-likeness (QED) is 0.672. The molecule has 2 aliphatic rings. The minimum Gasteiger partial charge on any atom is -0.367 e. The highest BCUT2D eigenvalue weighted by atomic mass is 127. The molecule has 0 aromatic heterocycles. The lowest BCUT2D eigenvalue weighted by molar-refractivity contribution is -0.128. The van der Waals surface area contributed by atoms with Crippen LogP contribution in [0, 0.1) is 0 Å². The Morgan fingerprint density at radius 3 is 2.94 bits per heavy atom. The number of primary amides is 1. The zero-order valence-corrected chi connectivity index (χ0v) is 12.2. The van der Waals surface area contributed by atoms with Crippen molar-refractivity contribution in [3.8, 4) is 0 Å². The highest BCUT2D eigenvalue weighted by molar-refractivity contribution is 14.0. The van der Waals surface area contributed by atoms with Crippen LogP contribution in [0.5, 0.6) is 0 Å². The summed E-state index contributed by atoms with van der Waals surface area (Å²) in [4.78, 5) is 17.3. The number of hydrogen-bond donors (Lipinski definition) is 2. The van der Waals surface area contributed by atoms with Crippen LogP contribution in [0.1, 0.15) is 12.8 Å². The van der Waals surface area contributed by atoms with Crippen LogP contribution in [0.3, 0.4) is 0 Å². The van der Waals surface area contributed by atoms with Gasteiger partial charge in [0.2, 0.25) is 5.91 Å². The Bertz CT molecular complexity index is 311. The van der Waals surface area contributed by atoms with E-state index in [4.69, 9.17) is 10.5 Å². The third-order valence-electron chi connectivity index (χ3n) is 2.97. The summed E-state index contributed by atoms with van der Waals surface area (Å²) < 4.78 is 5.51. The fraction of sp³-hybridized carbons (Fsp3) is 0.800. The van der Waals surface area contributed by atoms with E-state index in [1.165, 1.54) is 0 Å². The van der Waals surface area contributed by atoms with Crippen LogP contribution in [0.2, 0.25) is 0 Å². The number of carbonyl (C=O) groups excluding carboxylic acids is 1. The molecule has 0 aliphatic carbocycles. The monoisotopic (exact) mass is 354 g/mol. The zero-order valence-electron chi connectivity index (χ0n) is 9.89. The number of rotatable bonds is 3. The summed E-state index contributed by atoms with van der Waals surface area (Å²) >= 11 is 0. The topological polar surface area (TPSA) is 80.0 Å². The molecule has 17 heavy (non-hydrogen) atoms. The molecular formula is C10H19IN4O2. The van der Waals surface area contributed by atoms with Gasteiger partial charge < -0.3 is 20.7 Å². The first kappa shape index (κ1) is 14.5. The molecule has 7 heteroatoms. The van der Waals surface area contributed by atoms with Gasteiger partial charge in [0.1, 0.15) is 6.10 Å². The van der Waals surface area contributed by atoms with Crippen LogP contribution >= 0.6 is 24.0 Å². The Labute approximate surface area is 118 Å². The molecule has 3 N–H and O–H groups in total. The van der Waals surface area contributed by atoms with E-state index >= 15 is 0 Å². The molecule has 0 radical (unpaired) electrons. The molecule has 2 rings (SSSR count). The minimum absolute atomic E-state index is 0. The van der Waals surface area contributed by atoms with Crippen molar-refractivity contribution < 1.29 is 9.53 Å². The number of aliphatic imine (C=N–C) groups is 1. The van der Waals surface area contributed by atoms with E-state index in [0.29, 0.717) is 6.54 Å². The van der Waals surface area contributed by atoms with Crippen LogP contribution < -0.4 is 11.1 Å². The summed E-state index contributed by atoms with van der Waals surface area (Å²) in [5.74, 6) is 0.545. The van der Waals surface area contributed by atoms with Crippen molar-refractivity contribution in [2.24, 2.45) is 10.7 Å². The Morgan fingerprint density at radius 2 is 2.41 bits per heavy atom. The van der Waals surface area contributed by atoms with Crippen LogP contribution in [0.25, 0.3) is 0 Å². The second kappa shape index (κ2) is 6.39. The molecule has 1 fully saturated rings. The van der Waals surface area contributed by atoms with Crippen molar-refractivity contribution in [2.75, 3.05) is 26.7 Å². The zero-order chi connectivity index (χ0) is 11.5. The Kier molecular flexibility index (Phi) is 5.44. The summed E-state index contributed by atoms with van der Waals surface area (Å²) in [6.07, 6.45) is 1.26. The number of hydrogen-bond acceptors (Lipinski definition) is 5. The largest absolute Gasteiger partial charge is 0.367 e. The van der Waals surface area contributed by atoms with Gasteiger partial charge in [0.05, 0.1) is 12.6 Å². The summed E-state index contributed by atoms with van der Waals surface area (Å²) in [6, 6.07) is 0. The van der Waals surface area contributed by atoms with E-state index in [1.807, 2.05) is 7.05 Å². The highest BCUT2D eigenvalue weighted by Crippen LogP contribution is 2.18. The maximum Gasteiger partial charge on any atom is 0.246 e. The fourth-order valence-electron chi connectivity index (χ4n) is 1.99. The van der Waals surface area contributed by atoms with E-state index in [0.717, 1.165) is 31.9 Å². The van der Waals surface area contributed by atoms with Crippen LogP contribution in [-0.4, -0.2) is 55.7 Å². The third-order valence-corrected chi connectivity index (χ3v) is 2.97. The molecule has 0 saturated carbocycles. The number of carbonyl (C=O) groups is 1. The number of amides is 1. The highest BCUT2D eigenvalue weighted by Gasteiger charge is 2.29. The van der Waals surface area contributed by atoms with E-state index in [2.05, 4.69) is 15.2 Å². The first-order chi connectivity index (χ1) is 7.66. The summed E-state index contributed by atoms with van der Waals surface area (Å²) in [5.41, 5.74) is 5.18. The SMILES string of the molecule is CN1CCN=C1NCC1CCC(C(N)=O)O1.I. The van der Waals surface area contributed by atoms with Crippen molar-refractivity contribution in [2.45, 2.75) is 25.0 Å². The third kappa shape index (κ3) is 3.70. The Balaban J connectivity index is 0.00000144. The predicted octanol–water partition coefficient (Wildman–Crippen LogP) is -0.472. The van der Waals surface area contributed by atoms with E-state index < -0.39 is 6.10 Å². The van der Waals surface area contributed by atoms with Crippen LogP contribution in [0.15, 0.2) is 4.99 Å². The number of halogens is 1. The molecule has 0 aromatic rings. The number of guanidine groups is 1. The molecule has 6 nitrogen and oxygen atoms in total. The second-order valence-electron chi connectivity index (χ2n) is 4.23. The molecular weight excluding hydrogens is 335 g/mol. The van der Waals surface area contributed by atoms with Gasteiger partial charge in [-0.25, -0.2) is 0 Å². The van der Waals surface area contributed by atoms with Gasteiger partial charge in [0.15, 0.2) is 5.96 Å². The fourth-order valence-corrected chi connectivity index (χ4v) is 1.99. The molecule has 2 aliphatic heterocycles. The van der Waals surface area contributed by atoms with Crippen molar-refractivity contribution in [1.29, 1.82) is 0 Å². The maximum atomic E-state index is 10.9. The van der Waals surface area contributed by atoms with Gasteiger partial charge in [-0.05, 0) is 12.8 Å². The van der Waals surface area contributed by atoms with Gasteiger partial charge in [-0.15, -0.1) is 24.0 Å². The average Bonchev–Trinajstić information content (AvgIpc) is 2.83. The molecule has 1 amide bonds. The van der Waals surface area contributed by atoms with Crippen molar-refractivity contribution in [3.63, 3.8) is 0 Å². The number of nitrogens with one attached hydrogen (secondary N) is 1. The first-order valence-electron chi connectivity index (χ1n) is 5.61. The van der Waals surface area contributed by atoms with E-state index in [1.54, 1.807) is 0 Å². The molecule has 0 bridgehead atoms. The molecule has 0 aromatic carbocycles. The normalized spacial score (nSPS) is 27.6. The van der Waals surface area contributed by atoms with Crippen LogP contribution in [0.4, 0.5) is 0 Å². The van der Waals surface area contributed by atoms with Crippen LogP contribution in [-0.2, 0) is 9.53 Å². The number of likely N-dealkylation sites (N-methyl/N-ethyl adjacent to an activating group) is 1. The molecule has 2 unspecified atom stereocenters. The molecule has 2 atom stereocenters. The van der Waals surface area contributed by atoms with Crippen molar-refractivity contribution in [3.05, 3.63) is 0 Å². The molecule has 0 spiro atoms. The van der Waals surface area contributed by atoms with Gasteiger partial charge in [0.25, 0.3) is 0 Å². The number of nitrogens with two attached hydrogens (primary N) is 1.